The highest BCUT2D eigenvalue weighted by Gasteiger charge is 2.13. The number of allylic oxidation sites excluding steroid dienone is 1. The summed E-state index contributed by atoms with van der Waals surface area (Å²) in [6.07, 6.45) is 1.72. The van der Waals surface area contributed by atoms with Crippen LogP contribution in [0.2, 0.25) is 0 Å². The van der Waals surface area contributed by atoms with E-state index in [0.29, 0.717) is 12.1 Å². The van der Waals surface area contributed by atoms with Gasteiger partial charge in [0.25, 0.3) is 0 Å². The Balaban J connectivity index is 2.64. The van der Waals surface area contributed by atoms with Gasteiger partial charge >= 0.3 is 0 Å². The van der Waals surface area contributed by atoms with E-state index >= 15 is 0 Å². The maximum Gasteiger partial charge on any atom is 0.161 e. The van der Waals surface area contributed by atoms with Crippen LogP contribution in [0.1, 0.15) is 18.1 Å². The van der Waals surface area contributed by atoms with Crippen LogP contribution in [-0.4, -0.2) is 4.90 Å². The summed E-state index contributed by atoms with van der Waals surface area (Å²) in [5.74, 6) is -1.67. The average molecular weight is 337 g/mol. The van der Waals surface area contributed by atoms with E-state index in [9.17, 15) is 8.78 Å². The van der Waals surface area contributed by atoms with Gasteiger partial charge in [-0.15, -0.1) is 5.73 Å². The van der Waals surface area contributed by atoms with Crippen molar-refractivity contribution in [1.82, 2.24) is 4.90 Å². The van der Waals surface area contributed by atoms with Gasteiger partial charge in [0, 0.05) is 28.4 Å². The molecule has 2 aromatic rings. The topological polar surface area (TPSA) is 3.24 Å². The normalized spacial score (nSPS) is 11.5. The molecule has 0 saturated carbocycles. The molecule has 0 N–H and O–H groups in total. The third-order valence-corrected chi connectivity index (χ3v) is 3.95. The Morgan fingerprint density at radius 3 is 2.48 bits per heavy atom. The second-order valence-corrected chi connectivity index (χ2v) is 5.84. The molecule has 0 aliphatic carbocycles. The van der Waals surface area contributed by atoms with Crippen LogP contribution in [-0.2, 0) is 6.54 Å². The van der Waals surface area contributed by atoms with Crippen molar-refractivity contribution in [3.05, 3.63) is 101 Å². The van der Waals surface area contributed by atoms with Gasteiger partial charge in [-0.3, -0.25) is 0 Å². The van der Waals surface area contributed by atoms with Gasteiger partial charge in [-0.25, -0.2) is 8.78 Å². The maximum atomic E-state index is 13.8. The molecule has 2 rings (SSSR count). The average Bonchev–Trinajstić information content (AvgIpc) is 2.59. The van der Waals surface area contributed by atoms with Crippen LogP contribution in [0, 0.1) is 18.6 Å². The number of nitrogens with zero attached hydrogens (tertiary/aromatic N) is 1. The Labute approximate surface area is 147 Å². The zero-order chi connectivity index (χ0) is 18.6. The van der Waals surface area contributed by atoms with Crippen LogP contribution < -0.4 is 10.4 Å². The van der Waals surface area contributed by atoms with Gasteiger partial charge in [0.05, 0.1) is 0 Å². The lowest BCUT2D eigenvalue weighted by Gasteiger charge is -2.26. The number of rotatable bonds is 5. The third-order valence-electron chi connectivity index (χ3n) is 3.95. The van der Waals surface area contributed by atoms with Crippen molar-refractivity contribution in [3.63, 3.8) is 0 Å². The van der Waals surface area contributed by atoms with Crippen LogP contribution in [0.5, 0.6) is 0 Å². The Morgan fingerprint density at radius 2 is 1.92 bits per heavy atom. The molecule has 0 amide bonds. The molecule has 0 fully saturated rings. The zero-order valence-electron chi connectivity index (χ0n) is 14.6. The van der Waals surface area contributed by atoms with Gasteiger partial charge in [0.15, 0.2) is 11.6 Å². The van der Waals surface area contributed by atoms with Gasteiger partial charge in [-0.05, 0) is 43.2 Å². The summed E-state index contributed by atoms with van der Waals surface area (Å²) in [5, 5.41) is 1.74. The Morgan fingerprint density at radius 1 is 1.24 bits per heavy atom. The number of hydrogen-bond donors (Lipinski definition) is 0. The van der Waals surface area contributed by atoms with Crippen molar-refractivity contribution < 1.29 is 8.78 Å². The number of aryl methyl sites for hydroxylation is 1. The minimum absolute atomic E-state index is 0.275. The van der Waals surface area contributed by atoms with Gasteiger partial charge in [0.1, 0.15) is 0 Å². The summed E-state index contributed by atoms with van der Waals surface area (Å²) in [7, 11) is 0. The van der Waals surface area contributed by atoms with E-state index < -0.39 is 11.6 Å². The van der Waals surface area contributed by atoms with Gasteiger partial charge in [0.2, 0.25) is 0 Å². The minimum Gasteiger partial charge on any atom is -0.341 e. The lowest BCUT2D eigenvalue weighted by molar-refractivity contribution is 0.472. The van der Waals surface area contributed by atoms with Crippen molar-refractivity contribution in [2.75, 3.05) is 0 Å². The highest BCUT2D eigenvalue weighted by Crippen LogP contribution is 2.20. The van der Waals surface area contributed by atoms with E-state index in [1.54, 1.807) is 19.1 Å². The Hall–Kier alpha value is -2.90. The lowest BCUT2D eigenvalue weighted by atomic mass is 10.1. The number of benzene rings is 2. The molecule has 0 atom stereocenters. The van der Waals surface area contributed by atoms with E-state index in [0.717, 1.165) is 21.8 Å². The van der Waals surface area contributed by atoms with E-state index in [1.165, 1.54) is 6.07 Å². The number of hydrogen-bond acceptors (Lipinski definition) is 1. The van der Waals surface area contributed by atoms with Crippen molar-refractivity contribution in [3.8, 4) is 0 Å². The van der Waals surface area contributed by atoms with Crippen LogP contribution in [0.4, 0.5) is 8.78 Å². The predicted octanol–water partition coefficient (Wildman–Crippen LogP) is 4.17. The smallest absolute Gasteiger partial charge is 0.161 e. The highest BCUT2D eigenvalue weighted by atomic mass is 19.2. The molecule has 25 heavy (non-hydrogen) atoms. The third kappa shape index (κ3) is 3.96. The molecule has 3 heteroatoms. The second kappa shape index (κ2) is 7.78. The van der Waals surface area contributed by atoms with Gasteiger partial charge < -0.3 is 4.90 Å². The summed E-state index contributed by atoms with van der Waals surface area (Å²) in [4.78, 5) is 1.91. The molecule has 0 unspecified atom stereocenters. The van der Waals surface area contributed by atoms with E-state index in [2.05, 4.69) is 25.5 Å². The van der Waals surface area contributed by atoms with Crippen molar-refractivity contribution >= 4 is 11.4 Å². The minimum atomic E-state index is -0.850. The summed E-state index contributed by atoms with van der Waals surface area (Å²) in [6, 6.07) is 10.5. The molecule has 0 bridgehead atoms. The Bertz CT molecular complexity index is 943. The summed E-state index contributed by atoms with van der Waals surface area (Å²) < 4.78 is 27.3. The molecular formula is C22H21F2N. The standard InChI is InChI=1S/C22H21F2N/c1-6-18-10-8-9-11-19(18)21(7-2)25(15(3)4)14-17-12-16(5)22(24)20(23)13-17/h7-13H,1-3,14H2,4-5H3/b21-19+. The molecule has 0 spiro atoms. The first-order valence-corrected chi connectivity index (χ1v) is 7.88. The zero-order valence-corrected chi connectivity index (χ0v) is 14.6. The monoisotopic (exact) mass is 337 g/mol. The van der Waals surface area contributed by atoms with Crippen LogP contribution in [0.25, 0.3) is 11.4 Å². The van der Waals surface area contributed by atoms with Crippen LogP contribution in [0.3, 0.4) is 0 Å². The fourth-order valence-electron chi connectivity index (χ4n) is 2.72. The Kier molecular flexibility index (Phi) is 5.74. The summed E-state index contributed by atoms with van der Waals surface area (Å²) in [6.45, 7) is 15.4. The molecule has 0 radical (unpaired) electrons. The second-order valence-electron chi connectivity index (χ2n) is 5.84. The molecule has 2 aromatic carbocycles. The molecule has 0 heterocycles. The first-order valence-electron chi connectivity index (χ1n) is 7.88. The molecule has 0 aromatic heterocycles. The first-order chi connectivity index (χ1) is 11.9. The van der Waals surface area contributed by atoms with Crippen LogP contribution >= 0.6 is 0 Å². The van der Waals surface area contributed by atoms with Gasteiger partial charge in [-0.1, -0.05) is 44.0 Å². The van der Waals surface area contributed by atoms with Gasteiger partial charge in [-0.2, -0.15) is 0 Å². The fraction of sp³-hybridized carbons (Fsp3) is 0.136. The van der Waals surface area contributed by atoms with Crippen molar-refractivity contribution in [2.45, 2.75) is 20.4 Å². The largest absolute Gasteiger partial charge is 0.341 e. The summed E-state index contributed by atoms with van der Waals surface area (Å²) in [5.41, 5.74) is 5.40. The van der Waals surface area contributed by atoms with Crippen molar-refractivity contribution in [1.29, 1.82) is 0 Å². The van der Waals surface area contributed by atoms with E-state index in [1.807, 2.05) is 36.1 Å². The molecule has 128 valence electrons. The van der Waals surface area contributed by atoms with E-state index in [4.69, 9.17) is 0 Å². The quantitative estimate of drug-likeness (QED) is 0.791. The fourth-order valence-corrected chi connectivity index (χ4v) is 2.72. The summed E-state index contributed by atoms with van der Waals surface area (Å²) >= 11 is 0. The predicted molar refractivity (Wildman–Crippen MR) is 99.8 cm³/mol. The molecule has 0 saturated heterocycles. The van der Waals surface area contributed by atoms with Crippen molar-refractivity contribution in [2.24, 2.45) is 0 Å². The lowest BCUT2D eigenvalue weighted by Crippen LogP contribution is -2.32. The maximum absolute atomic E-state index is 13.8. The SMILES string of the molecule is C=C=c1cccc/c1=C(/C=C)N(Cc1cc(C)c(F)c(F)c1)C(=C)C. The molecule has 1 nitrogen and oxygen atoms in total. The van der Waals surface area contributed by atoms with Crippen LogP contribution in [0.15, 0.2) is 67.9 Å². The molecular weight excluding hydrogens is 316 g/mol. The first kappa shape index (κ1) is 18.4. The highest BCUT2D eigenvalue weighted by molar-refractivity contribution is 5.56. The molecule has 0 aliphatic rings. The number of halogens is 2. The molecule has 0 aliphatic heterocycles. The van der Waals surface area contributed by atoms with E-state index in [-0.39, 0.29) is 5.56 Å².